The standard InChI is InChI=1S/C24H21BrN2O4/c1-16(28)31-22-4-2-3-18(15-22)24(30)27-21-12-10-20(11-13-21)26-23(29)14-7-17-5-8-19(25)9-6-17/h2-6,8-13,15H,7,14H2,1H3,(H,26,29)(H,27,30). The van der Waals surface area contributed by atoms with Crippen LogP contribution in [0.1, 0.15) is 29.3 Å². The Morgan fingerprint density at radius 2 is 1.52 bits per heavy atom. The van der Waals surface area contributed by atoms with Gasteiger partial charge in [-0.05, 0) is 66.6 Å². The lowest BCUT2D eigenvalue weighted by molar-refractivity contribution is -0.131. The lowest BCUT2D eigenvalue weighted by Gasteiger charge is -2.09. The molecule has 0 aliphatic heterocycles. The number of aryl methyl sites for hydroxylation is 1. The van der Waals surface area contributed by atoms with Crippen molar-refractivity contribution in [1.29, 1.82) is 0 Å². The number of hydrogen-bond donors (Lipinski definition) is 2. The maximum absolute atomic E-state index is 12.4. The number of rotatable bonds is 7. The highest BCUT2D eigenvalue weighted by Gasteiger charge is 2.09. The topological polar surface area (TPSA) is 84.5 Å². The van der Waals surface area contributed by atoms with Gasteiger partial charge in [-0.15, -0.1) is 0 Å². The molecular formula is C24H21BrN2O4. The van der Waals surface area contributed by atoms with Crippen molar-refractivity contribution < 1.29 is 19.1 Å². The van der Waals surface area contributed by atoms with Crippen LogP contribution >= 0.6 is 15.9 Å². The highest BCUT2D eigenvalue weighted by Crippen LogP contribution is 2.18. The van der Waals surface area contributed by atoms with Crippen LogP contribution in [0.4, 0.5) is 11.4 Å². The molecule has 0 saturated carbocycles. The maximum Gasteiger partial charge on any atom is 0.308 e. The third-order valence-corrected chi connectivity index (χ3v) is 4.87. The van der Waals surface area contributed by atoms with Crippen molar-refractivity contribution in [3.8, 4) is 5.75 Å². The second kappa shape index (κ2) is 10.5. The number of hydrogen-bond acceptors (Lipinski definition) is 4. The van der Waals surface area contributed by atoms with Crippen molar-refractivity contribution in [2.45, 2.75) is 19.8 Å². The summed E-state index contributed by atoms with van der Waals surface area (Å²) in [6.07, 6.45) is 1.03. The Hall–Kier alpha value is -3.45. The Bertz CT molecular complexity index is 1080. The largest absolute Gasteiger partial charge is 0.427 e. The van der Waals surface area contributed by atoms with Gasteiger partial charge in [0.2, 0.25) is 5.91 Å². The summed E-state index contributed by atoms with van der Waals surface area (Å²) >= 11 is 3.39. The molecule has 0 fully saturated rings. The molecule has 2 N–H and O–H groups in total. The normalized spacial score (nSPS) is 10.3. The Kier molecular flexibility index (Phi) is 7.56. The van der Waals surface area contributed by atoms with Crippen molar-refractivity contribution in [2.75, 3.05) is 10.6 Å². The fraction of sp³-hybridized carbons (Fsp3) is 0.125. The van der Waals surface area contributed by atoms with Gasteiger partial charge < -0.3 is 15.4 Å². The molecule has 0 heterocycles. The second-order valence-electron chi connectivity index (χ2n) is 6.83. The second-order valence-corrected chi connectivity index (χ2v) is 7.74. The van der Waals surface area contributed by atoms with Crippen LogP contribution in [0.3, 0.4) is 0 Å². The molecule has 3 aromatic rings. The summed E-state index contributed by atoms with van der Waals surface area (Å²) in [6, 6.07) is 21.1. The summed E-state index contributed by atoms with van der Waals surface area (Å²) in [5, 5.41) is 5.63. The number of carbonyl (C=O) groups excluding carboxylic acids is 3. The summed E-state index contributed by atoms with van der Waals surface area (Å²) in [7, 11) is 0. The van der Waals surface area contributed by atoms with Crippen LogP contribution in [0, 0.1) is 0 Å². The van der Waals surface area contributed by atoms with E-state index in [1.807, 2.05) is 24.3 Å². The smallest absolute Gasteiger partial charge is 0.308 e. The SMILES string of the molecule is CC(=O)Oc1cccc(C(=O)Nc2ccc(NC(=O)CCc3ccc(Br)cc3)cc2)c1. The third kappa shape index (κ3) is 7.08. The van der Waals surface area contributed by atoms with Crippen molar-refractivity contribution in [3.05, 3.63) is 88.4 Å². The molecule has 6 nitrogen and oxygen atoms in total. The zero-order valence-corrected chi connectivity index (χ0v) is 18.4. The van der Waals surface area contributed by atoms with Crippen LogP contribution in [0.25, 0.3) is 0 Å². The zero-order valence-electron chi connectivity index (χ0n) is 16.9. The number of halogens is 1. The van der Waals surface area contributed by atoms with Gasteiger partial charge in [-0.1, -0.05) is 34.1 Å². The monoisotopic (exact) mass is 480 g/mol. The van der Waals surface area contributed by atoms with E-state index in [-0.39, 0.29) is 11.8 Å². The number of esters is 1. The van der Waals surface area contributed by atoms with Crippen molar-refractivity contribution in [2.24, 2.45) is 0 Å². The lowest BCUT2D eigenvalue weighted by Crippen LogP contribution is -2.13. The van der Waals surface area contributed by atoms with Gasteiger partial charge in [0.15, 0.2) is 0 Å². The average Bonchev–Trinajstić information content (AvgIpc) is 2.74. The van der Waals surface area contributed by atoms with E-state index in [4.69, 9.17) is 4.74 Å². The number of amides is 2. The Labute approximate surface area is 188 Å². The summed E-state index contributed by atoms with van der Waals surface area (Å²) in [4.78, 5) is 35.7. The van der Waals surface area contributed by atoms with Gasteiger partial charge in [0.1, 0.15) is 5.75 Å². The first-order chi connectivity index (χ1) is 14.9. The Morgan fingerprint density at radius 1 is 0.871 bits per heavy atom. The minimum atomic E-state index is -0.452. The highest BCUT2D eigenvalue weighted by atomic mass is 79.9. The average molecular weight is 481 g/mol. The van der Waals surface area contributed by atoms with Gasteiger partial charge in [-0.25, -0.2) is 0 Å². The third-order valence-electron chi connectivity index (χ3n) is 4.34. The molecule has 3 aromatic carbocycles. The van der Waals surface area contributed by atoms with Crippen LogP contribution in [-0.2, 0) is 16.0 Å². The molecule has 0 atom stereocenters. The van der Waals surface area contributed by atoms with E-state index < -0.39 is 5.97 Å². The predicted octanol–water partition coefficient (Wildman–Crippen LogP) is 5.20. The van der Waals surface area contributed by atoms with Gasteiger partial charge in [-0.3, -0.25) is 14.4 Å². The number of carbonyl (C=O) groups is 3. The molecule has 0 bridgehead atoms. The summed E-state index contributed by atoms with van der Waals surface area (Å²) in [5.41, 5.74) is 2.68. The van der Waals surface area contributed by atoms with Gasteiger partial charge >= 0.3 is 5.97 Å². The van der Waals surface area contributed by atoms with E-state index >= 15 is 0 Å². The van der Waals surface area contributed by atoms with E-state index in [0.717, 1.165) is 10.0 Å². The molecule has 0 unspecified atom stereocenters. The number of benzene rings is 3. The van der Waals surface area contributed by atoms with Gasteiger partial charge in [0, 0.05) is 34.8 Å². The van der Waals surface area contributed by atoms with Gasteiger partial charge in [0.25, 0.3) is 5.91 Å². The molecule has 3 rings (SSSR count). The Morgan fingerprint density at radius 3 is 2.16 bits per heavy atom. The van der Waals surface area contributed by atoms with E-state index in [0.29, 0.717) is 35.5 Å². The van der Waals surface area contributed by atoms with Gasteiger partial charge in [-0.2, -0.15) is 0 Å². The van der Waals surface area contributed by atoms with E-state index in [1.54, 1.807) is 42.5 Å². The quantitative estimate of drug-likeness (QED) is 0.359. The van der Waals surface area contributed by atoms with Crippen LogP contribution in [0.2, 0.25) is 0 Å². The van der Waals surface area contributed by atoms with Crippen LogP contribution in [-0.4, -0.2) is 17.8 Å². The summed E-state index contributed by atoms with van der Waals surface area (Å²) in [6.45, 7) is 1.30. The first kappa shape index (κ1) is 22.2. The predicted molar refractivity (Wildman–Crippen MR) is 123 cm³/mol. The number of ether oxygens (including phenoxy) is 1. The van der Waals surface area contributed by atoms with Crippen molar-refractivity contribution in [3.63, 3.8) is 0 Å². The minimum Gasteiger partial charge on any atom is -0.427 e. The molecule has 7 heteroatoms. The molecule has 31 heavy (non-hydrogen) atoms. The Balaban J connectivity index is 1.52. The molecule has 0 saturated heterocycles. The molecule has 0 spiro atoms. The van der Waals surface area contributed by atoms with Crippen LogP contribution < -0.4 is 15.4 Å². The van der Waals surface area contributed by atoms with E-state index in [2.05, 4.69) is 26.6 Å². The molecule has 0 aliphatic rings. The molecular weight excluding hydrogens is 460 g/mol. The van der Waals surface area contributed by atoms with Gasteiger partial charge in [0.05, 0.1) is 0 Å². The maximum atomic E-state index is 12.4. The first-order valence-corrected chi connectivity index (χ1v) is 10.4. The van der Waals surface area contributed by atoms with Crippen molar-refractivity contribution >= 4 is 45.1 Å². The van der Waals surface area contributed by atoms with Crippen LogP contribution in [0.5, 0.6) is 5.75 Å². The molecule has 2 amide bonds. The molecule has 0 aromatic heterocycles. The zero-order chi connectivity index (χ0) is 22.2. The number of anilines is 2. The lowest BCUT2D eigenvalue weighted by atomic mass is 10.1. The highest BCUT2D eigenvalue weighted by molar-refractivity contribution is 9.10. The first-order valence-electron chi connectivity index (χ1n) is 9.63. The molecule has 0 radical (unpaired) electrons. The number of nitrogens with one attached hydrogen (secondary N) is 2. The van der Waals surface area contributed by atoms with E-state index in [9.17, 15) is 14.4 Å². The fourth-order valence-corrected chi connectivity index (χ4v) is 3.10. The summed E-state index contributed by atoms with van der Waals surface area (Å²) < 4.78 is 6.00. The fourth-order valence-electron chi connectivity index (χ4n) is 2.84. The molecule has 158 valence electrons. The minimum absolute atomic E-state index is 0.0815. The summed E-state index contributed by atoms with van der Waals surface area (Å²) in [5.74, 6) is -0.560. The van der Waals surface area contributed by atoms with Crippen LogP contribution in [0.15, 0.2) is 77.3 Å². The van der Waals surface area contributed by atoms with Crippen molar-refractivity contribution in [1.82, 2.24) is 0 Å². The molecule has 0 aliphatic carbocycles. The van der Waals surface area contributed by atoms with E-state index in [1.165, 1.54) is 13.0 Å².